The summed E-state index contributed by atoms with van der Waals surface area (Å²) in [5.41, 5.74) is 1.09. The lowest BCUT2D eigenvalue weighted by Gasteiger charge is -2.07. The van der Waals surface area contributed by atoms with E-state index in [0.717, 1.165) is 0 Å². The Balaban J connectivity index is 1.69. The van der Waals surface area contributed by atoms with E-state index in [1.54, 1.807) is 43.5 Å². The topological polar surface area (TPSA) is 100 Å². The number of hydrogen-bond acceptors (Lipinski definition) is 5. The molecule has 1 heterocycles. The van der Waals surface area contributed by atoms with Crippen LogP contribution >= 0.6 is 22.9 Å². The van der Waals surface area contributed by atoms with Gasteiger partial charge in [0.1, 0.15) is 0 Å². The van der Waals surface area contributed by atoms with Crippen LogP contribution in [0.1, 0.15) is 29.9 Å². The molecule has 0 spiro atoms. The molecule has 0 aliphatic carbocycles. The Hall–Kier alpha value is -2.45. The molecule has 0 bridgehead atoms. The van der Waals surface area contributed by atoms with Gasteiger partial charge < -0.3 is 16.0 Å². The van der Waals surface area contributed by atoms with Crippen LogP contribution in [0.5, 0.6) is 0 Å². The van der Waals surface area contributed by atoms with Crippen LogP contribution in [0.4, 0.5) is 5.13 Å². The van der Waals surface area contributed by atoms with Gasteiger partial charge in [0.2, 0.25) is 11.8 Å². The third-order valence-corrected chi connectivity index (χ3v) is 4.55. The average molecular weight is 409 g/mol. The smallest absolute Gasteiger partial charge is 0.251 e. The van der Waals surface area contributed by atoms with Gasteiger partial charge in [0.05, 0.1) is 12.1 Å². The summed E-state index contributed by atoms with van der Waals surface area (Å²) in [6.07, 6.45) is 0.110. The molecule has 144 valence electrons. The summed E-state index contributed by atoms with van der Waals surface area (Å²) < 4.78 is 0. The maximum atomic E-state index is 11.9. The van der Waals surface area contributed by atoms with Gasteiger partial charge in [-0.05, 0) is 24.3 Å². The van der Waals surface area contributed by atoms with E-state index in [1.165, 1.54) is 11.3 Å². The minimum absolute atomic E-state index is 0.110. The quantitative estimate of drug-likeness (QED) is 0.584. The number of hydrogen-bond donors (Lipinski definition) is 3. The number of carbonyl (C=O) groups excluding carboxylic acids is 3. The van der Waals surface area contributed by atoms with Crippen molar-refractivity contribution in [3.8, 4) is 0 Å². The third-order valence-electron chi connectivity index (χ3n) is 3.49. The van der Waals surface area contributed by atoms with Gasteiger partial charge in [-0.3, -0.25) is 14.4 Å². The second-order valence-electron chi connectivity index (χ2n) is 6.08. The number of amides is 3. The lowest BCUT2D eigenvalue weighted by Crippen LogP contribution is -2.35. The molecular weight excluding hydrogens is 388 g/mol. The molecule has 3 N–H and O–H groups in total. The molecule has 0 unspecified atom stereocenters. The van der Waals surface area contributed by atoms with Gasteiger partial charge >= 0.3 is 0 Å². The van der Waals surface area contributed by atoms with E-state index >= 15 is 0 Å². The maximum Gasteiger partial charge on any atom is 0.251 e. The zero-order chi connectivity index (χ0) is 19.8. The van der Waals surface area contributed by atoms with Gasteiger partial charge in [0.25, 0.3) is 5.91 Å². The molecule has 3 amide bonds. The Labute approximate surface area is 166 Å². The lowest BCUT2D eigenvalue weighted by atomic mass is 10.2. The Kier molecular flexibility index (Phi) is 7.75. The summed E-state index contributed by atoms with van der Waals surface area (Å²) in [5.74, 6) is -0.686. The molecule has 9 heteroatoms. The number of nitrogens with zero attached hydrogens (tertiary/aromatic N) is 1. The molecule has 27 heavy (non-hydrogen) atoms. The van der Waals surface area contributed by atoms with Gasteiger partial charge in [-0.15, -0.1) is 11.3 Å². The first kappa shape index (κ1) is 20.9. The highest BCUT2D eigenvalue weighted by atomic mass is 35.5. The number of anilines is 1. The molecule has 0 saturated carbocycles. The predicted molar refractivity (Wildman–Crippen MR) is 106 cm³/mol. The van der Waals surface area contributed by atoms with Crippen LogP contribution in [-0.2, 0) is 16.0 Å². The number of thiazole rings is 1. The molecular formula is C18H21ClN4O3S. The summed E-state index contributed by atoms with van der Waals surface area (Å²) >= 11 is 7.06. The van der Waals surface area contributed by atoms with E-state index < -0.39 is 0 Å². The number of halogens is 1. The predicted octanol–water partition coefficient (Wildman–Crippen LogP) is 2.48. The minimum Gasteiger partial charge on any atom is -0.354 e. The number of rotatable bonds is 8. The highest BCUT2D eigenvalue weighted by molar-refractivity contribution is 7.13. The van der Waals surface area contributed by atoms with Crippen molar-refractivity contribution in [3.05, 3.63) is 45.9 Å². The summed E-state index contributed by atoms with van der Waals surface area (Å²) in [7, 11) is 0. The molecule has 1 aromatic carbocycles. The Morgan fingerprint density at radius 2 is 1.78 bits per heavy atom. The SMILES string of the molecule is CC(C)C(=O)Nc1nc(CC(=O)NCCNC(=O)c2ccc(Cl)cc2)cs1. The number of nitrogens with one attached hydrogen (secondary N) is 3. The van der Waals surface area contributed by atoms with E-state index in [-0.39, 0.29) is 30.1 Å². The minimum atomic E-state index is -0.231. The van der Waals surface area contributed by atoms with E-state index in [1.807, 2.05) is 0 Å². The van der Waals surface area contributed by atoms with Crippen LogP contribution in [0, 0.1) is 5.92 Å². The molecule has 0 aliphatic rings. The maximum absolute atomic E-state index is 11.9. The lowest BCUT2D eigenvalue weighted by molar-refractivity contribution is -0.120. The normalized spacial score (nSPS) is 10.5. The zero-order valence-electron chi connectivity index (χ0n) is 15.0. The monoisotopic (exact) mass is 408 g/mol. The second-order valence-corrected chi connectivity index (χ2v) is 7.37. The van der Waals surface area contributed by atoms with Crippen molar-refractivity contribution in [2.24, 2.45) is 5.92 Å². The molecule has 0 atom stereocenters. The van der Waals surface area contributed by atoms with E-state index in [0.29, 0.717) is 34.5 Å². The van der Waals surface area contributed by atoms with Crippen molar-refractivity contribution in [2.75, 3.05) is 18.4 Å². The van der Waals surface area contributed by atoms with Crippen molar-refractivity contribution in [1.82, 2.24) is 15.6 Å². The highest BCUT2D eigenvalue weighted by Crippen LogP contribution is 2.16. The molecule has 0 fully saturated rings. The van der Waals surface area contributed by atoms with Gasteiger partial charge in [-0.2, -0.15) is 0 Å². The first-order chi connectivity index (χ1) is 12.8. The van der Waals surface area contributed by atoms with Crippen molar-refractivity contribution in [2.45, 2.75) is 20.3 Å². The Bertz CT molecular complexity index is 805. The standard InChI is InChI=1S/C18H21ClN4O3S/c1-11(2)16(25)23-18-22-14(10-27-18)9-15(24)20-7-8-21-17(26)12-3-5-13(19)6-4-12/h3-6,10-11H,7-9H2,1-2H3,(H,20,24)(H,21,26)(H,22,23,25). The number of carbonyl (C=O) groups is 3. The largest absolute Gasteiger partial charge is 0.354 e. The fourth-order valence-corrected chi connectivity index (χ4v) is 2.84. The van der Waals surface area contributed by atoms with Crippen molar-refractivity contribution in [1.29, 1.82) is 0 Å². The highest BCUT2D eigenvalue weighted by Gasteiger charge is 2.12. The summed E-state index contributed by atoms with van der Waals surface area (Å²) in [6, 6.07) is 6.55. The molecule has 2 rings (SSSR count). The number of aromatic nitrogens is 1. The Morgan fingerprint density at radius 3 is 2.44 bits per heavy atom. The van der Waals surface area contributed by atoms with Crippen LogP contribution in [0.3, 0.4) is 0 Å². The van der Waals surface area contributed by atoms with Crippen LogP contribution in [0.25, 0.3) is 0 Å². The van der Waals surface area contributed by atoms with Crippen LogP contribution in [-0.4, -0.2) is 35.8 Å². The first-order valence-corrected chi connectivity index (χ1v) is 9.66. The molecule has 2 aromatic rings. The van der Waals surface area contributed by atoms with Crippen LogP contribution in [0.2, 0.25) is 5.02 Å². The number of benzene rings is 1. The van der Waals surface area contributed by atoms with Crippen LogP contribution < -0.4 is 16.0 Å². The Morgan fingerprint density at radius 1 is 1.11 bits per heavy atom. The van der Waals surface area contributed by atoms with Gasteiger partial charge in [0, 0.05) is 35.0 Å². The van der Waals surface area contributed by atoms with Crippen molar-refractivity contribution >= 4 is 45.8 Å². The van der Waals surface area contributed by atoms with Gasteiger partial charge in [-0.25, -0.2) is 4.98 Å². The van der Waals surface area contributed by atoms with Crippen molar-refractivity contribution in [3.63, 3.8) is 0 Å². The van der Waals surface area contributed by atoms with E-state index in [4.69, 9.17) is 11.6 Å². The first-order valence-electron chi connectivity index (χ1n) is 8.41. The van der Waals surface area contributed by atoms with E-state index in [9.17, 15) is 14.4 Å². The zero-order valence-corrected chi connectivity index (χ0v) is 16.6. The fourth-order valence-electron chi connectivity index (χ4n) is 2.00. The fraction of sp³-hybridized carbons (Fsp3) is 0.333. The molecule has 0 radical (unpaired) electrons. The average Bonchev–Trinajstić information content (AvgIpc) is 3.05. The molecule has 1 aromatic heterocycles. The molecule has 0 saturated heterocycles. The molecule has 7 nitrogen and oxygen atoms in total. The summed E-state index contributed by atoms with van der Waals surface area (Å²) in [5, 5.41) is 10.9. The summed E-state index contributed by atoms with van der Waals surface area (Å²) in [6.45, 7) is 4.20. The third kappa shape index (κ3) is 6.99. The molecule has 0 aliphatic heterocycles. The van der Waals surface area contributed by atoms with Gasteiger partial charge in [0.15, 0.2) is 5.13 Å². The van der Waals surface area contributed by atoms with Crippen molar-refractivity contribution < 1.29 is 14.4 Å². The summed E-state index contributed by atoms with van der Waals surface area (Å²) in [4.78, 5) is 39.7. The van der Waals surface area contributed by atoms with E-state index in [2.05, 4.69) is 20.9 Å². The van der Waals surface area contributed by atoms with Gasteiger partial charge in [-0.1, -0.05) is 25.4 Å². The second kappa shape index (κ2) is 10.0. The van der Waals surface area contributed by atoms with Crippen LogP contribution in [0.15, 0.2) is 29.6 Å².